The van der Waals surface area contributed by atoms with Crippen molar-refractivity contribution in [1.29, 1.82) is 0 Å². The van der Waals surface area contributed by atoms with Gasteiger partial charge in [0.2, 0.25) is 0 Å². The predicted octanol–water partition coefficient (Wildman–Crippen LogP) is 4.40. The fraction of sp³-hybridized carbons (Fsp3) is 0.231. The predicted molar refractivity (Wildman–Crippen MR) is 72.5 cm³/mol. The van der Waals surface area contributed by atoms with Gasteiger partial charge in [0.15, 0.2) is 0 Å². The second-order valence-electron chi connectivity index (χ2n) is 4.11. The minimum atomic E-state index is -0.637. The monoisotopic (exact) mass is 327 g/mol. The SMILES string of the molecule is Clc1cccc2ccc[c]c12.[CH3][SnH]([CH3])[CH3]. The van der Waals surface area contributed by atoms with Crippen molar-refractivity contribution >= 4 is 42.1 Å². The Morgan fingerprint density at radius 3 is 2.27 bits per heavy atom. The zero-order valence-corrected chi connectivity index (χ0v) is 13.5. The Kier molecular flexibility index (Phi) is 5.48. The molecule has 1 radical (unpaired) electrons. The van der Waals surface area contributed by atoms with Gasteiger partial charge in [0.05, 0.1) is 0 Å². The third-order valence-electron chi connectivity index (χ3n) is 1.65. The topological polar surface area (TPSA) is 0 Å². The summed E-state index contributed by atoms with van der Waals surface area (Å²) in [5, 5.41) is 2.90. The zero-order chi connectivity index (χ0) is 11.3. The Morgan fingerprint density at radius 1 is 1.07 bits per heavy atom. The molecule has 0 aliphatic carbocycles. The first-order valence-corrected chi connectivity index (χ1v) is 15.4. The normalized spacial score (nSPS) is 9.93. The van der Waals surface area contributed by atoms with Gasteiger partial charge in [-0.05, 0) is 17.5 Å². The van der Waals surface area contributed by atoms with Crippen molar-refractivity contribution in [3.05, 3.63) is 47.5 Å². The van der Waals surface area contributed by atoms with E-state index in [9.17, 15) is 0 Å². The third kappa shape index (κ3) is 4.43. The first-order valence-electron chi connectivity index (χ1n) is 5.16. The van der Waals surface area contributed by atoms with Crippen LogP contribution in [-0.2, 0) is 0 Å². The molecule has 0 heterocycles. The first-order chi connectivity index (χ1) is 7.11. The number of fused-ring (bicyclic) bond motifs is 1. The Morgan fingerprint density at radius 2 is 1.67 bits per heavy atom. The van der Waals surface area contributed by atoms with Gasteiger partial charge in [-0.3, -0.25) is 0 Å². The molecule has 0 spiro atoms. The van der Waals surface area contributed by atoms with E-state index < -0.39 is 19.8 Å². The molecule has 79 valence electrons. The molecular weight excluding hydrogens is 310 g/mol. The number of halogens is 1. The van der Waals surface area contributed by atoms with E-state index in [0.29, 0.717) is 0 Å². The van der Waals surface area contributed by atoms with Crippen molar-refractivity contribution in [2.24, 2.45) is 0 Å². The van der Waals surface area contributed by atoms with Crippen LogP contribution in [0.15, 0.2) is 36.4 Å². The van der Waals surface area contributed by atoms with Crippen molar-refractivity contribution < 1.29 is 0 Å². The second kappa shape index (κ2) is 6.39. The van der Waals surface area contributed by atoms with Gasteiger partial charge in [-0.25, -0.2) is 0 Å². The molecular formula is C13H16ClSn. The van der Waals surface area contributed by atoms with Gasteiger partial charge in [-0.2, -0.15) is 0 Å². The molecule has 0 aromatic heterocycles. The summed E-state index contributed by atoms with van der Waals surface area (Å²) in [6.45, 7) is 0. The number of rotatable bonds is 0. The first kappa shape index (κ1) is 12.9. The zero-order valence-electron chi connectivity index (χ0n) is 9.42. The van der Waals surface area contributed by atoms with E-state index >= 15 is 0 Å². The van der Waals surface area contributed by atoms with Crippen LogP contribution >= 0.6 is 11.6 Å². The summed E-state index contributed by atoms with van der Waals surface area (Å²) in [5.41, 5.74) is 0. The maximum absolute atomic E-state index is 5.93. The van der Waals surface area contributed by atoms with Crippen molar-refractivity contribution in [3.8, 4) is 0 Å². The summed E-state index contributed by atoms with van der Waals surface area (Å²) < 4.78 is 0. The quantitative estimate of drug-likeness (QED) is 0.630. The molecule has 0 saturated carbocycles. The van der Waals surface area contributed by atoms with Crippen LogP contribution in [0.5, 0.6) is 0 Å². The molecule has 2 aromatic carbocycles. The molecule has 2 aromatic rings. The van der Waals surface area contributed by atoms with Gasteiger partial charge in [0.1, 0.15) is 0 Å². The number of hydrogen-bond donors (Lipinski definition) is 0. The van der Waals surface area contributed by atoms with Crippen molar-refractivity contribution in [2.45, 2.75) is 14.8 Å². The average Bonchev–Trinajstić information content (AvgIpc) is 2.18. The van der Waals surface area contributed by atoms with E-state index in [0.717, 1.165) is 15.8 Å². The molecule has 0 N–H and O–H groups in total. The number of hydrogen-bond acceptors (Lipinski definition) is 0. The molecule has 0 saturated heterocycles. The van der Waals surface area contributed by atoms with Crippen LogP contribution in [0, 0.1) is 6.07 Å². The summed E-state index contributed by atoms with van der Waals surface area (Å²) in [6.07, 6.45) is 0. The fourth-order valence-electron chi connectivity index (χ4n) is 1.12. The summed E-state index contributed by atoms with van der Waals surface area (Å²) in [5.74, 6) is 0. The molecule has 0 amide bonds. The number of benzene rings is 2. The van der Waals surface area contributed by atoms with Gasteiger partial charge in [0, 0.05) is 10.4 Å². The molecule has 15 heavy (non-hydrogen) atoms. The van der Waals surface area contributed by atoms with Gasteiger partial charge in [-0.15, -0.1) is 0 Å². The van der Waals surface area contributed by atoms with Crippen molar-refractivity contribution in [3.63, 3.8) is 0 Å². The van der Waals surface area contributed by atoms with E-state index in [-0.39, 0.29) is 0 Å². The average molecular weight is 326 g/mol. The fourth-order valence-corrected chi connectivity index (χ4v) is 1.35. The Hall–Kier alpha value is -0.211. The molecule has 0 fully saturated rings. The van der Waals surface area contributed by atoms with Crippen molar-refractivity contribution in [1.82, 2.24) is 0 Å². The maximum atomic E-state index is 5.93. The van der Waals surface area contributed by atoms with Gasteiger partial charge >= 0.3 is 34.6 Å². The van der Waals surface area contributed by atoms with Gasteiger partial charge in [-0.1, -0.05) is 41.9 Å². The summed E-state index contributed by atoms with van der Waals surface area (Å²) in [4.78, 5) is 7.13. The molecule has 2 rings (SSSR count). The van der Waals surface area contributed by atoms with Gasteiger partial charge in [0.25, 0.3) is 0 Å². The second-order valence-corrected chi connectivity index (χ2v) is 14.4. The molecule has 0 aliphatic heterocycles. The Balaban J connectivity index is 0.000000245. The van der Waals surface area contributed by atoms with E-state index in [2.05, 4.69) is 20.9 Å². The third-order valence-corrected chi connectivity index (χ3v) is 1.96. The summed E-state index contributed by atoms with van der Waals surface area (Å²) in [6, 6.07) is 14.8. The molecule has 0 unspecified atom stereocenters. The summed E-state index contributed by atoms with van der Waals surface area (Å²) >= 11 is 5.29. The Bertz CT molecular complexity index is 416. The van der Waals surface area contributed by atoms with Crippen LogP contribution in [0.25, 0.3) is 10.8 Å². The van der Waals surface area contributed by atoms with Crippen molar-refractivity contribution in [2.75, 3.05) is 0 Å². The van der Waals surface area contributed by atoms with E-state index in [1.807, 2.05) is 36.4 Å². The molecule has 0 bridgehead atoms. The van der Waals surface area contributed by atoms with Crippen LogP contribution < -0.4 is 0 Å². The molecule has 2 heteroatoms. The van der Waals surface area contributed by atoms with Crippen LogP contribution in [0.4, 0.5) is 0 Å². The summed E-state index contributed by atoms with van der Waals surface area (Å²) in [7, 11) is 0. The van der Waals surface area contributed by atoms with E-state index in [1.165, 1.54) is 0 Å². The van der Waals surface area contributed by atoms with Crippen LogP contribution in [-0.4, -0.2) is 19.8 Å². The molecule has 0 atom stereocenters. The van der Waals surface area contributed by atoms with Crippen LogP contribution in [0.2, 0.25) is 19.8 Å². The molecule has 0 nitrogen and oxygen atoms in total. The van der Waals surface area contributed by atoms with Crippen LogP contribution in [0.3, 0.4) is 0 Å². The van der Waals surface area contributed by atoms with E-state index in [1.54, 1.807) is 0 Å². The Labute approximate surface area is 104 Å². The minimum absolute atomic E-state index is 0.637. The van der Waals surface area contributed by atoms with Gasteiger partial charge < -0.3 is 0 Å². The van der Waals surface area contributed by atoms with Crippen LogP contribution in [0.1, 0.15) is 0 Å². The standard InChI is InChI=1S/C10H6Cl.3CH3.Sn.H/c11-10-7-3-5-8-4-1-2-6-9(8)10;;;;;/h1-5,7H;3*1H3;;. The van der Waals surface area contributed by atoms with E-state index in [4.69, 9.17) is 11.6 Å². The molecule has 0 aliphatic rings.